The summed E-state index contributed by atoms with van der Waals surface area (Å²) in [5.74, 6) is -0.112. The Morgan fingerprint density at radius 2 is 2.14 bits per heavy atom. The van der Waals surface area contributed by atoms with Gasteiger partial charge in [0.05, 0.1) is 6.10 Å². The number of aliphatic hydroxyl groups is 1. The summed E-state index contributed by atoms with van der Waals surface area (Å²) in [6, 6.07) is 0.260. The Bertz CT molecular complexity index is 464. The smallest absolute Gasteiger partial charge is 0.270 e. The molecule has 1 saturated heterocycles. The molecule has 0 aromatic rings. The number of hydrogen-bond acceptors (Lipinski definition) is 5. The molecule has 2 heterocycles. The first-order chi connectivity index (χ1) is 10.4. The van der Waals surface area contributed by atoms with Gasteiger partial charge in [0, 0.05) is 52.1 Å². The molecule has 1 N–H and O–H groups in total. The highest BCUT2D eigenvalue weighted by molar-refractivity contribution is 6.39. The molecule has 0 aliphatic carbocycles. The van der Waals surface area contributed by atoms with Crippen LogP contribution in [0.1, 0.15) is 33.1 Å². The van der Waals surface area contributed by atoms with Crippen molar-refractivity contribution >= 4 is 17.5 Å². The SMILES string of the molecule is CC[C@@H]1CN(C(=O)C2=NN(C)C(=O)CC2)CCN1C[C@@H](C)O. The second-order valence-electron chi connectivity index (χ2n) is 6.12. The minimum atomic E-state index is -0.362. The summed E-state index contributed by atoms with van der Waals surface area (Å²) < 4.78 is 0. The van der Waals surface area contributed by atoms with Crippen LogP contribution in [-0.2, 0) is 9.59 Å². The summed E-state index contributed by atoms with van der Waals surface area (Å²) in [6.45, 7) is 6.57. The molecule has 2 amide bonds. The molecule has 7 heteroatoms. The number of rotatable bonds is 4. The van der Waals surface area contributed by atoms with Crippen molar-refractivity contribution in [1.82, 2.24) is 14.8 Å². The molecule has 0 unspecified atom stereocenters. The van der Waals surface area contributed by atoms with Crippen LogP contribution in [0.15, 0.2) is 5.10 Å². The maximum Gasteiger partial charge on any atom is 0.270 e. The van der Waals surface area contributed by atoms with E-state index in [9.17, 15) is 14.7 Å². The first kappa shape index (κ1) is 16.9. The summed E-state index contributed by atoms with van der Waals surface area (Å²) in [5, 5.41) is 14.9. The van der Waals surface area contributed by atoms with Gasteiger partial charge in [-0.1, -0.05) is 6.92 Å². The summed E-state index contributed by atoms with van der Waals surface area (Å²) in [4.78, 5) is 28.1. The van der Waals surface area contributed by atoms with Crippen molar-refractivity contribution in [3.63, 3.8) is 0 Å². The Morgan fingerprint density at radius 1 is 1.41 bits per heavy atom. The van der Waals surface area contributed by atoms with Crippen LogP contribution in [0.5, 0.6) is 0 Å². The predicted octanol–water partition coefficient (Wildman–Crippen LogP) is -0.102. The molecule has 2 aliphatic heterocycles. The second-order valence-corrected chi connectivity index (χ2v) is 6.12. The molecule has 0 aromatic carbocycles. The van der Waals surface area contributed by atoms with Crippen molar-refractivity contribution in [1.29, 1.82) is 0 Å². The van der Waals surface area contributed by atoms with E-state index in [1.54, 1.807) is 14.0 Å². The van der Waals surface area contributed by atoms with Crippen molar-refractivity contribution in [3.8, 4) is 0 Å². The summed E-state index contributed by atoms with van der Waals surface area (Å²) in [5.41, 5.74) is 0.473. The Labute approximate surface area is 131 Å². The lowest BCUT2D eigenvalue weighted by Gasteiger charge is -2.42. The average molecular weight is 310 g/mol. The van der Waals surface area contributed by atoms with Crippen molar-refractivity contribution in [2.24, 2.45) is 5.10 Å². The Morgan fingerprint density at radius 3 is 2.73 bits per heavy atom. The van der Waals surface area contributed by atoms with Crippen LogP contribution in [0.3, 0.4) is 0 Å². The van der Waals surface area contributed by atoms with E-state index in [4.69, 9.17) is 0 Å². The Hall–Kier alpha value is -1.47. The van der Waals surface area contributed by atoms with Crippen LogP contribution < -0.4 is 0 Å². The van der Waals surface area contributed by atoms with E-state index in [2.05, 4.69) is 16.9 Å². The highest BCUT2D eigenvalue weighted by Gasteiger charge is 2.32. The van der Waals surface area contributed by atoms with Crippen molar-refractivity contribution in [2.75, 3.05) is 33.2 Å². The van der Waals surface area contributed by atoms with E-state index >= 15 is 0 Å². The van der Waals surface area contributed by atoms with Crippen LogP contribution in [0.4, 0.5) is 0 Å². The maximum absolute atomic E-state index is 12.6. The van der Waals surface area contributed by atoms with Gasteiger partial charge >= 0.3 is 0 Å². The van der Waals surface area contributed by atoms with Crippen LogP contribution >= 0.6 is 0 Å². The number of nitrogens with zero attached hydrogens (tertiary/aromatic N) is 4. The zero-order valence-corrected chi connectivity index (χ0v) is 13.7. The van der Waals surface area contributed by atoms with Gasteiger partial charge in [-0.25, -0.2) is 5.01 Å². The largest absolute Gasteiger partial charge is 0.392 e. The molecule has 0 aromatic heterocycles. The third-order valence-electron chi connectivity index (χ3n) is 4.32. The average Bonchev–Trinajstić information content (AvgIpc) is 2.49. The van der Waals surface area contributed by atoms with Gasteiger partial charge in [-0.05, 0) is 13.3 Å². The van der Waals surface area contributed by atoms with Crippen molar-refractivity contribution < 1.29 is 14.7 Å². The van der Waals surface area contributed by atoms with Gasteiger partial charge in [-0.15, -0.1) is 0 Å². The number of aliphatic hydroxyl groups excluding tert-OH is 1. The van der Waals surface area contributed by atoms with Gasteiger partial charge < -0.3 is 10.0 Å². The fourth-order valence-corrected chi connectivity index (χ4v) is 3.05. The van der Waals surface area contributed by atoms with Crippen LogP contribution in [0.25, 0.3) is 0 Å². The van der Waals surface area contributed by atoms with Gasteiger partial charge in [-0.3, -0.25) is 14.5 Å². The maximum atomic E-state index is 12.6. The van der Waals surface area contributed by atoms with Gasteiger partial charge in [0.15, 0.2) is 0 Å². The monoisotopic (exact) mass is 310 g/mol. The molecule has 0 radical (unpaired) electrons. The topological polar surface area (TPSA) is 76.5 Å². The van der Waals surface area contributed by atoms with Gasteiger partial charge in [-0.2, -0.15) is 5.10 Å². The number of β-amino-alcohol motifs (C(OH)–C–C–N with tert-alkyl or cyclic N) is 1. The van der Waals surface area contributed by atoms with E-state index < -0.39 is 0 Å². The summed E-state index contributed by atoms with van der Waals surface area (Å²) in [6.07, 6.45) is 1.34. The number of hydrogen-bond donors (Lipinski definition) is 1. The van der Waals surface area contributed by atoms with Gasteiger partial charge in [0.25, 0.3) is 5.91 Å². The quantitative estimate of drug-likeness (QED) is 0.786. The number of amides is 2. The normalized spacial score (nSPS) is 25.2. The number of hydrazone groups is 1. The number of carbonyl (C=O) groups is 2. The van der Waals surface area contributed by atoms with E-state index in [-0.39, 0.29) is 24.0 Å². The summed E-state index contributed by atoms with van der Waals surface area (Å²) in [7, 11) is 1.59. The molecule has 22 heavy (non-hydrogen) atoms. The molecule has 0 bridgehead atoms. The van der Waals surface area contributed by atoms with Gasteiger partial charge in [0.1, 0.15) is 5.71 Å². The lowest BCUT2D eigenvalue weighted by molar-refractivity contribution is -0.131. The van der Waals surface area contributed by atoms with Crippen molar-refractivity contribution in [3.05, 3.63) is 0 Å². The number of piperazine rings is 1. The molecule has 0 spiro atoms. The molecule has 1 fully saturated rings. The van der Waals surface area contributed by atoms with E-state index in [0.29, 0.717) is 38.2 Å². The molecular formula is C15H26N4O3. The van der Waals surface area contributed by atoms with Crippen LogP contribution in [-0.4, -0.2) is 82.8 Å². The van der Waals surface area contributed by atoms with E-state index in [1.165, 1.54) is 5.01 Å². The Balaban J connectivity index is 2.00. The molecule has 2 aliphatic rings. The second kappa shape index (κ2) is 7.19. The highest BCUT2D eigenvalue weighted by Crippen LogP contribution is 2.16. The fourth-order valence-electron chi connectivity index (χ4n) is 3.05. The molecule has 2 rings (SSSR count). The van der Waals surface area contributed by atoms with Gasteiger partial charge in [0.2, 0.25) is 5.91 Å². The first-order valence-corrected chi connectivity index (χ1v) is 7.97. The number of carbonyl (C=O) groups excluding carboxylic acids is 2. The molecule has 2 atom stereocenters. The van der Waals surface area contributed by atoms with E-state index in [0.717, 1.165) is 13.0 Å². The first-order valence-electron chi connectivity index (χ1n) is 7.97. The zero-order chi connectivity index (χ0) is 16.3. The minimum Gasteiger partial charge on any atom is -0.392 e. The molecule has 0 saturated carbocycles. The lowest BCUT2D eigenvalue weighted by Crippen LogP contribution is -2.57. The van der Waals surface area contributed by atoms with Crippen molar-refractivity contribution in [2.45, 2.75) is 45.3 Å². The zero-order valence-electron chi connectivity index (χ0n) is 13.7. The molecule has 7 nitrogen and oxygen atoms in total. The fraction of sp³-hybridized carbons (Fsp3) is 0.800. The Kier molecular flexibility index (Phi) is 5.52. The third kappa shape index (κ3) is 3.84. The predicted molar refractivity (Wildman–Crippen MR) is 83.4 cm³/mol. The molecular weight excluding hydrogens is 284 g/mol. The minimum absolute atomic E-state index is 0.0512. The highest BCUT2D eigenvalue weighted by atomic mass is 16.3. The van der Waals surface area contributed by atoms with E-state index in [1.807, 2.05) is 4.90 Å². The third-order valence-corrected chi connectivity index (χ3v) is 4.32. The summed E-state index contributed by atoms with van der Waals surface area (Å²) >= 11 is 0. The van der Waals surface area contributed by atoms with Crippen LogP contribution in [0, 0.1) is 0 Å². The lowest BCUT2D eigenvalue weighted by atomic mass is 10.1. The molecule has 124 valence electrons. The van der Waals surface area contributed by atoms with Crippen LogP contribution in [0.2, 0.25) is 0 Å². The standard InChI is InChI=1S/C15H26N4O3/c1-4-12-10-19(8-7-18(12)9-11(2)20)15(22)13-5-6-14(21)17(3)16-13/h11-12,20H,4-10H2,1-3H3/t11-,12-/m1/s1.